The molecule has 132 valence electrons. The smallest absolute Gasteiger partial charge is 0.422 e. The van der Waals surface area contributed by atoms with Crippen LogP contribution in [0, 0.1) is 11.8 Å². The van der Waals surface area contributed by atoms with Gasteiger partial charge in [-0.25, -0.2) is 22.4 Å². The highest BCUT2D eigenvalue weighted by molar-refractivity contribution is 5.61. The fraction of sp³-hybridized carbons (Fsp3) is 0.923. The minimum absolute atomic E-state index is 1.09. The summed E-state index contributed by atoms with van der Waals surface area (Å²) in [5, 5.41) is 0. The summed E-state index contributed by atoms with van der Waals surface area (Å²) in [5.41, 5.74) is -4.91. The SMILES string of the molecule is CC(CF)C(CF)(CF)OC(=O)OC(CF)(CF)C(C)CF. The van der Waals surface area contributed by atoms with Gasteiger partial charge in [-0.3, -0.25) is 8.78 Å². The van der Waals surface area contributed by atoms with Gasteiger partial charge in [0.2, 0.25) is 0 Å². The van der Waals surface area contributed by atoms with Crippen molar-refractivity contribution in [3.05, 3.63) is 0 Å². The first kappa shape index (κ1) is 20.9. The Balaban J connectivity index is 5.17. The maximum Gasteiger partial charge on any atom is 0.509 e. The molecule has 2 unspecified atom stereocenters. The second-order valence-corrected chi connectivity index (χ2v) is 5.23. The Morgan fingerprint density at radius 3 is 1.23 bits per heavy atom. The number of halogens is 6. The average Bonchev–Trinajstić information content (AvgIpc) is 2.56. The monoisotopic (exact) mass is 338 g/mol. The lowest BCUT2D eigenvalue weighted by atomic mass is 9.91. The zero-order valence-electron chi connectivity index (χ0n) is 12.4. The quantitative estimate of drug-likeness (QED) is 0.450. The molecular formula is C13H20F6O3. The van der Waals surface area contributed by atoms with Gasteiger partial charge in [-0.15, -0.1) is 0 Å². The molecule has 0 radical (unpaired) electrons. The van der Waals surface area contributed by atoms with Crippen molar-refractivity contribution in [2.75, 3.05) is 40.0 Å². The molecule has 0 aromatic carbocycles. The van der Waals surface area contributed by atoms with Crippen molar-refractivity contribution >= 4 is 6.16 Å². The third-order valence-corrected chi connectivity index (χ3v) is 3.74. The van der Waals surface area contributed by atoms with Crippen LogP contribution in [0.25, 0.3) is 0 Å². The summed E-state index contributed by atoms with van der Waals surface area (Å²) in [4.78, 5) is 11.6. The van der Waals surface area contributed by atoms with E-state index in [4.69, 9.17) is 0 Å². The van der Waals surface area contributed by atoms with E-state index in [1.807, 2.05) is 0 Å². The zero-order valence-corrected chi connectivity index (χ0v) is 12.4. The molecule has 9 heteroatoms. The lowest BCUT2D eigenvalue weighted by molar-refractivity contribution is -0.139. The van der Waals surface area contributed by atoms with Crippen LogP contribution >= 0.6 is 0 Å². The molecule has 0 N–H and O–H groups in total. The van der Waals surface area contributed by atoms with Crippen LogP contribution in [0.2, 0.25) is 0 Å². The summed E-state index contributed by atoms with van der Waals surface area (Å²) in [6, 6.07) is 0. The Bertz CT molecular complexity index is 304. The van der Waals surface area contributed by atoms with Crippen LogP contribution in [0.4, 0.5) is 31.1 Å². The van der Waals surface area contributed by atoms with Crippen LogP contribution in [0.5, 0.6) is 0 Å². The molecule has 0 saturated heterocycles. The molecule has 0 aromatic heterocycles. The third kappa shape index (κ3) is 4.42. The van der Waals surface area contributed by atoms with Crippen molar-refractivity contribution in [3.63, 3.8) is 0 Å². The van der Waals surface area contributed by atoms with Crippen LogP contribution < -0.4 is 0 Å². The van der Waals surface area contributed by atoms with E-state index in [-0.39, 0.29) is 0 Å². The minimum Gasteiger partial charge on any atom is -0.422 e. The van der Waals surface area contributed by atoms with Gasteiger partial charge in [0.05, 0.1) is 13.3 Å². The highest BCUT2D eigenvalue weighted by Gasteiger charge is 2.46. The van der Waals surface area contributed by atoms with E-state index in [1.165, 1.54) is 0 Å². The number of ether oxygens (including phenoxy) is 2. The average molecular weight is 338 g/mol. The molecule has 0 amide bonds. The summed E-state index contributed by atoms with van der Waals surface area (Å²) in [6.45, 7) is -6.43. The number of rotatable bonds is 10. The molecule has 0 heterocycles. The molecule has 0 saturated carbocycles. The first-order chi connectivity index (χ1) is 10.3. The molecule has 2 atom stereocenters. The van der Waals surface area contributed by atoms with E-state index in [9.17, 15) is 31.1 Å². The summed E-state index contributed by atoms with van der Waals surface area (Å²) >= 11 is 0. The Labute approximate surface area is 125 Å². The van der Waals surface area contributed by atoms with Crippen molar-refractivity contribution in [1.82, 2.24) is 0 Å². The summed E-state index contributed by atoms with van der Waals surface area (Å²) in [5.74, 6) is -2.70. The van der Waals surface area contributed by atoms with Gasteiger partial charge in [-0.2, -0.15) is 0 Å². The van der Waals surface area contributed by atoms with Gasteiger partial charge in [0, 0.05) is 11.8 Å². The molecule has 3 nitrogen and oxygen atoms in total. The molecule has 0 rings (SSSR count). The molecule has 0 aliphatic heterocycles. The molecule has 22 heavy (non-hydrogen) atoms. The van der Waals surface area contributed by atoms with Gasteiger partial charge in [0.1, 0.15) is 26.7 Å². The van der Waals surface area contributed by atoms with Crippen LogP contribution in [-0.4, -0.2) is 57.4 Å². The van der Waals surface area contributed by atoms with E-state index < -0.39 is 69.2 Å². The third-order valence-electron chi connectivity index (χ3n) is 3.74. The normalized spacial score (nSPS) is 15.3. The second-order valence-electron chi connectivity index (χ2n) is 5.23. The second kappa shape index (κ2) is 9.09. The molecule has 0 bridgehead atoms. The van der Waals surface area contributed by atoms with E-state index in [0.29, 0.717) is 0 Å². The number of carbonyl (C=O) groups excluding carboxylic acids is 1. The topological polar surface area (TPSA) is 35.5 Å². The minimum atomic E-state index is -2.46. The van der Waals surface area contributed by atoms with Crippen LogP contribution in [0.1, 0.15) is 13.8 Å². The van der Waals surface area contributed by atoms with Gasteiger partial charge >= 0.3 is 6.16 Å². The van der Waals surface area contributed by atoms with Crippen molar-refractivity contribution in [2.45, 2.75) is 25.0 Å². The maximum absolute atomic E-state index is 13.0. The Morgan fingerprint density at radius 2 is 1.05 bits per heavy atom. The van der Waals surface area contributed by atoms with Gasteiger partial charge in [-0.1, -0.05) is 13.8 Å². The summed E-state index contributed by atoms with van der Waals surface area (Å²) < 4.78 is 86.1. The van der Waals surface area contributed by atoms with E-state index >= 15 is 0 Å². The van der Waals surface area contributed by atoms with Crippen molar-refractivity contribution in [2.24, 2.45) is 11.8 Å². The standard InChI is InChI=1S/C13H20F6O3/c1-9(3-14)12(5-16,6-17)21-11(20)22-13(7-18,8-19)10(2)4-15/h9-10H,3-8H2,1-2H3. The van der Waals surface area contributed by atoms with Gasteiger partial charge in [0.15, 0.2) is 11.2 Å². The van der Waals surface area contributed by atoms with E-state index in [2.05, 4.69) is 9.47 Å². The number of alkyl halides is 6. The zero-order chi connectivity index (χ0) is 17.4. The molecule has 0 aliphatic rings. The summed E-state index contributed by atoms with van der Waals surface area (Å²) in [7, 11) is 0. The van der Waals surface area contributed by atoms with Crippen molar-refractivity contribution in [3.8, 4) is 0 Å². The van der Waals surface area contributed by atoms with Crippen LogP contribution in [0.15, 0.2) is 0 Å². The fourth-order valence-corrected chi connectivity index (χ4v) is 1.54. The van der Waals surface area contributed by atoms with Crippen LogP contribution in [0.3, 0.4) is 0 Å². The predicted molar refractivity (Wildman–Crippen MR) is 67.2 cm³/mol. The first-order valence-corrected chi connectivity index (χ1v) is 6.59. The van der Waals surface area contributed by atoms with Crippen molar-refractivity contribution < 1.29 is 40.6 Å². The molecule has 0 fully saturated rings. The van der Waals surface area contributed by atoms with E-state index in [1.54, 1.807) is 0 Å². The van der Waals surface area contributed by atoms with E-state index in [0.717, 1.165) is 13.8 Å². The molecule has 0 aromatic rings. The number of hydrogen-bond donors (Lipinski definition) is 0. The maximum atomic E-state index is 13.0. The Kier molecular flexibility index (Phi) is 8.62. The lowest BCUT2D eigenvalue weighted by Gasteiger charge is -2.36. The predicted octanol–water partition coefficient (Wildman–Crippen LogP) is 3.71. The van der Waals surface area contributed by atoms with Crippen LogP contribution in [-0.2, 0) is 9.47 Å². The fourth-order valence-electron chi connectivity index (χ4n) is 1.54. The Morgan fingerprint density at radius 1 is 0.773 bits per heavy atom. The number of carbonyl (C=O) groups is 1. The molecule has 0 spiro atoms. The Hall–Kier alpha value is -1.15. The van der Waals surface area contributed by atoms with Gasteiger partial charge < -0.3 is 9.47 Å². The first-order valence-electron chi connectivity index (χ1n) is 6.59. The largest absolute Gasteiger partial charge is 0.509 e. The number of hydrogen-bond acceptors (Lipinski definition) is 3. The van der Waals surface area contributed by atoms with Gasteiger partial charge in [-0.05, 0) is 0 Å². The molecule has 0 aliphatic carbocycles. The molecular weight excluding hydrogens is 318 g/mol. The summed E-state index contributed by atoms with van der Waals surface area (Å²) in [6.07, 6.45) is -1.79. The van der Waals surface area contributed by atoms with Crippen molar-refractivity contribution in [1.29, 1.82) is 0 Å². The lowest BCUT2D eigenvalue weighted by Crippen LogP contribution is -2.51. The van der Waals surface area contributed by atoms with Gasteiger partial charge in [0.25, 0.3) is 0 Å². The highest BCUT2D eigenvalue weighted by Crippen LogP contribution is 2.29. The highest BCUT2D eigenvalue weighted by atomic mass is 19.2.